The van der Waals surface area contributed by atoms with E-state index in [1.165, 1.54) is 18.5 Å². The summed E-state index contributed by atoms with van der Waals surface area (Å²) in [7, 11) is 3.82. The molecule has 1 aliphatic heterocycles. The Bertz CT molecular complexity index is 959. The van der Waals surface area contributed by atoms with Crippen LogP contribution in [0.4, 0.5) is 11.4 Å². The normalized spacial score (nSPS) is 13.1. The summed E-state index contributed by atoms with van der Waals surface area (Å²) in [4.78, 5) is 23.2. The number of nitrogens with zero attached hydrogens (tertiary/aromatic N) is 4. The lowest BCUT2D eigenvalue weighted by atomic mass is 10.1. The molecule has 1 amide bonds. The number of aryl methyl sites for hydroxylation is 1. The molecule has 0 saturated carbocycles. The van der Waals surface area contributed by atoms with Gasteiger partial charge in [-0.05, 0) is 49.6 Å². The van der Waals surface area contributed by atoms with Crippen LogP contribution in [-0.2, 0) is 13.0 Å². The van der Waals surface area contributed by atoms with E-state index in [9.17, 15) is 4.79 Å². The number of amides is 1. The first-order chi connectivity index (χ1) is 13.1. The van der Waals surface area contributed by atoms with Crippen molar-refractivity contribution in [2.24, 2.45) is 0 Å². The minimum atomic E-state index is -0.169. The topological polar surface area (TPSA) is 63.1 Å². The number of aromatic nitrogens is 3. The Kier molecular flexibility index (Phi) is 4.62. The highest BCUT2D eigenvalue weighted by molar-refractivity contribution is 6.07. The first-order valence-corrected chi connectivity index (χ1v) is 9.21. The second-order valence-corrected chi connectivity index (χ2v) is 7.00. The summed E-state index contributed by atoms with van der Waals surface area (Å²) in [5, 5.41) is 2.96. The third-order valence-corrected chi connectivity index (χ3v) is 4.93. The van der Waals surface area contributed by atoms with Crippen molar-refractivity contribution in [2.45, 2.75) is 25.8 Å². The van der Waals surface area contributed by atoms with Gasteiger partial charge >= 0.3 is 0 Å². The zero-order chi connectivity index (χ0) is 18.8. The molecule has 0 spiro atoms. The van der Waals surface area contributed by atoms with Gasteiger partial charge in [-0.3, -0.25) is 9.78 Å². The summed E-state index contributed by atoms with van der Waals surface area (Å²) >= 11 is 0. The molecule has 0 saturated heterocycles. The number of benzene rings is 1. The Morgan fingerprint density at radius 2 is 1.93 bits per heavy atom. The van der Waals surface area contributed by atoms with Crippen LogP contribution in [0.5, 0.6) is 0 Å². The highest BCUT2D eigenvalue weighted by atomic mass is 16.1. The van der Waals surface area contributed by atoms with Crippen molar-refractivity contribution in [2.75, 3.05) is 24.3 Å². The van der Waals surface area contributed by atoms with Crippen molar-refractivity contribution in [3.05, 3.63) is 60.2 Å². The van der Waals surface area contributed by atoms with Crippen LogP contribution in [0.15, 0.2) is 48.9 Å². The Balaban J connectivity index is 1.53. The molecule has 1 aromatic carbocycles. The van der Waals surface area contributed by atoms with E-state index in [2.05, 4.69) is 19.9 Å². The summed E-state index contributed by atoms with van der Waals surface area (Å²) in [5.74, 6) is 0.836. The predicted octanol–water partition coefficient (Wildman–Crippen LogP) is 3.60. The standard InChI is InChI=1S/C21H23N5O/c1-25(2)19-10-11-22-14-18(19)21(27)24-16-8-6-15(7-9-16)20-23-13-17-5-3-4-12-26(17)20/h6-11,13-14H,3-5,12H2,1-2H3,(H,24,27). The predicted molar refractivity (Wildman–Crippen MR) is 107 cm³/mol. The first kappa shape index (κ1) is 17.3. The Morgan fingerprint density at radius 1 is 1.11 bits per heavy atom. The van der Waals surface area contributed by atoms with Crippen LogP contribution >= 0.6 is 0 Å². The summed E-state index contributed by atoms with van der Waals surface area (Å²) < 4.78 is 2.30. The SMILES string of the molecule is CN(C)c1ccncc1C(=O)Nc1ccc(-c2ncc3n2CCCC3)cc1. The zero-order valence-corrected chi connectivity index (χ0v) is 15.6. The summed E-state index contributed by atoms with van der Waals surface area (Å²) in [6.07, 6.45) is 8.79. The summed E-state index contributed by atoms with van der Waals surface area (Å²) in [5.41, 5.74) is 4.51. The molecule has 6 nitrogen and oxygen atoms in total. The maximum absolute atomic E-state index is 12.7. The molecule has 2 aromatic heterocycles. The Morgan fingerprint density at radius 3 is 2.70 bits per heavy atom. The lowest BCUT2D eigenvalue weighted by Crippen LogP contribution is -2.18. The fraction of sp³-hybridized carbons (Fsp3) is 0.286. The van der Waals surface area contributed by atoms with Crippen LogP contribution in [-0.4, -0.2) is 34.5 Å². The molecule has 3 heterocycles. The minimum Gasteiger partial charge on any atom is -0.377 e. The third kappa shape index (κ3) is 3.43. The van der Waals surface area contributed by atoms with Crippen LogP contribution in [0.25, 0.3) is 11.4 Å². The monoisotopic (exact) mass is 361 g/mol. The molecule has 1 N–H and O–H groups in total. The van der Waals surface area contributed by atoms with E-state index < -0.39 is 0 Å². The van der Waals surface area contributed by atoms with Gasteiger partial charge in [0.2, 0.25) is 0 Å². The van der Waals surface area contributed by atoms with E-state index in [1.807, 2.05) is 55.5 Å². The Labute approximate surface area is 158 Å². The molecular weight excluding hydrogens is 338 g/mol. The van der Waals surface area contributed by atoms with Crippen LogP contribution in [0.1, 0.15) is 28.9 Å². The zero-order valence-electron chi connectivity index (χ0n) is 15.6. The van der Waals surface area contributed by atoms with E-state index in [1.54, 1.807) is 12.4 Å². The summed E-state index contributed by atoms with van der Waals surface area (Å²) in [6.45, 7) is 1.03. The van der Waals surface area contributed by atoms with Crippen LogP contribution in [0.2, 0.25) is 0 Å². The molecule has 0 radical (unpaired) electrons. The van der Waals surface area contributed by atoms with Crippen molar-refractivity contribution in [3.8, 4) is 11.4 Å². The quantitative estimate of drug-likeness (QED) is 0.771. The molecular formula is C21H23N5O. The second kappa shape index (κ2) is 7.23. The van der Waals surface area contributed by atoms with Crippen LogP contribution < -0.4 is 10.2 Å². The fourth-order valence-corrected chi connectivity index (χ4v) is 3.52. The van der Waals surface area contributed by atoms with Gasteiger partial charge in [-0.15, -0.1) is 0 Å². The first-order valence-electron chi connectivity index (χ1n) is 9.21. The second-order valence-electron chi connectivity index (χ2n) is 7.00. The highest BCUT2D eigenvalue weighted by Crippen LogP contribution is 2.26. The van der Waals surface area contributed by atoms with E-state index >= 15 is 0 Å². The molecule has 0 bridgehead atoms. The van der Waals surface area contributed by atoms with Gasteiger partial charge in [-0.2, -0.15) is 0 Å². The summed E-state index contributed by atoms with van der Waals surface area (Å²) in [6, 6.07) is 9.69. The van der Waals surface area contributed by atoms with Gasteiger partial charge in [0.15, 0.2) is 0 Å². The number of anilines is 2. The largest absolute Gasteiger partial charge is 0.377 e. The molecule has 6 heteroatoms. The number of hydrogen-bond donors (Lipinski definition) is 1. The molecule has 0 atom stereocenters. The molecule has 27 heavy (non-hydrogen) atoms. The number of carbonyl (C=O) groups is 1. The van der Waals surface area contributed by atoms with Crippen molar-refractivity contribution in [3.63, 3.8) is 0 Å². The van der Waals surface area contributed by atoms with Crippen molar-refractivity contribution in [1.29, 1.82) is 0 Å². The number of imidazole rings is 1. The molecule has 3 aromatic rings. The van der Waals surface area contributed by atoms with E-state index in [0.29, 0.717) is 5.56 Å². The number of nitrogens with one attached hydrogen (secondary N) is 1. The van der Waals surface area contributed by atoms with Gasteiger partial charge in [0.05, 0.1) is 11.3 Å². The maximum atomic E-state index is 12.7. The van der Waals surface area contributed by atoms with Gasteiger partial charge in [0.1, 0.15) is 5.82 Å². The molecule has 0 unspecified atom stereocenters. The number of hydrogen-bond acceptors (Lipinski definition) is 4. The van der Waals surface area contributed by atoms with E-state index in [-0.39, 0.29) is 5.91 Å². The number of carbonyl (C=O) groups excluding carboxylic acids is 1. The van der Waals surface area contributed by atoms with Crippen molar-refractivity contribution in [1.82, 2.24) is 14.5 Å². The lowest BCUT2D eigenvalue weighted by molar-refractivity contribution is 0.102. The minimum absolute atomic E-state index is 0.169. The van der Waals surface area contributed by atoms with Gasteiger partial charge in [0.25, 0.3) is 5.91 Å². The van der Waals surface area contributed by atoms with E-state index in [4.69, 9.17) is 0 Å². The Hall–Kier alpha value is -3.15. The molecule has 4 rings (SSSR count). The molecule has 138 valence electrons. The van der Waals surface area contributed by atoms with Gasteiger partial charge in [0, 0.05) is 56.2 Å². The highest BCUT2D eigenvalue weighted by Gasteiger charge is 2.16. The number of fused-ring (bicyclic) bond motifs is 1. The smallest absolute Gasteiger partial charge is 0.259 e. The average molecular weight is 361 g/mol. The average Bonchev–Trinajstić information content (AvgIpc) is 3.12. The number of rotatable bonds is 4. The third-order valence-electron chi connectivity index (χ3n) is 4.93. The van der Waals surface area contributed by atoms with Gasteiger partial charge in [-0.1, -0.05) is 0 Å². The van der Waals surface area contributed by atoms with Gasteiger partial charge in [-0.25, -0.2) is 4.98 Å². The van der Waals surface area contributed by atoms with E-state index in [0.717, 1.165) is 35.7 Å². The fourth-order valence-electron chi connectivity index (χ4n) is 3.52. The maximum Gasteiger partial charge on any atom is 0.259 e. The lowest BCUT2D eigenvalue weighted by Gasteiger charge is -2.17. The molecule has 1 aliphatic rings. The van der Waals surface area contributed by atoms with Crippen molar-refractivity contribution >= 4 is 17.3 Å². The molecule has 0 fully saturated rings. The van der Waals surface area contributed by atoms with Crippen LogP contribution in [0.3, 0.4) is 0 Å². The molecule has 0 aliphatic carbocycles. The number of pyridine rings is 1. The van der Waals surface area contributed by atoms with Gasteiger partial charge < -0.3 is 14.8 Å². The van der Waals surface area contributed by atoms with Crippen LogP contribution in [0, 0.1) is 0 Å². The van der Waals surface area contributed by atoms with Crippen molar-refractivity contribution < 1.29 is 4.79 Å².